The summed E-state index contributed by atoms with van der Waals surface area (Å²) in [5, 5.41) is 2.79. The number of halogens is 5. The lowest BCUT2D eigenvalue weighted by molar-refractivity contribution is -0.154. The number of aromatic amines is 1. The van der Waals surface area contributed by atoms with Crippen molar-refractivity contribution in [3.63, 3.8) is 0 Å². The minimum Gasteiger partial charge on any atom is -0.468 e. The van der Waals surface area contributed by atoms with Gasteiger partial charge in [-0.15, -0.1) is 0 Å². The molecule has 2 N–H and O–H groups in total. The van der Waals surface area contributed by atoms with Crippen molar-refractivity contribution in [3.8, 4) is 5.88 Å². The summed E-state index contributed by atoms with van der Waals surface area (Å²) in [6.07, 6.45) is -3.28. The Bertz CT molecular complexity index is 652. The molecule has 0 aliphatic heterocycles. The van der Waals surface area contributed by atoms with E-state index in [4.69, 9.17) is 23.2 Å². The highest BCUT2D eigenvalue weighted by atomic mass is 35.5. The molecule has 22 heavy (non-hydrogen) atoms. The third-order valence-corrected chi connectivity index (χ3v) is 3.04. The molecule has 0 bridgehead atoms. The quantitative estimate of drug-likeness (QED) is 0.875. The highest BCUT2D eigenvalue weighted by molar-refractivity contribution is 6.41. The van der Waals surface area contributed by atoms with E-state index in [1.54, 1.807) is 0 Å². The lowest BCUT2D eigenvalue weighted by atomic mass is 10.3. The van der Waals surface area contributed by atoms with Crippen molar-refractivity contribution in [1.82, 2.24) is 9.97 Å². The molecule has 0 spiro atoms. The summed E-state index contributed by atoms with van der Waals surface area (Å²) in [6, 6.07) is 3.90. The van der Waals surface area contributed by atoms with Gasteiger partial charge in [0.15, 0.2) is 6.61 Å². The first-order chi connectivity index (χ1) is 10.2. The molecular formula is C12H8Cl2F3N3O2. The molecule has 5 nitrogen and oxygen atoms in total. The summed E-state index contributed by atoms with van der Waals surface area (Å²) in [6.45, 7) is -1.44. The van der Waals surface area contributed by atoms with Crippen molar-refractivity contribution in [2.24, 2.45) is 0 Å². The molecule has 0 aliphatic carbocycles. The monoisotopic (exact) mass is 353 g/mol. The number of carbonyl (C=O) groups excluding carboxylic acids is 1. The first-order valence-corrected chi connectivity index (χ1v) is 6.51. The van der Waals surface area contributed by atoms with Crippen molar-refractivity contribution in [2.75, 3.05) is 11.9 Å². The number of aromatic nitrogens is 2. The van der Waals surface area contributed by atoms with Crippen LogP contribution in [0.3, 0.4) is 0 Å². The zero-order valence-electron chi connectivity index (χ0n) is 10.7. The van der Waals surface area contributed by atoms with Gasteiger partial charge in [-0.3, -0.25) is 4.79 Å². The maximum Gasteiger partial charge on any atom is 0.422 e. The van der Waals surface area contributed by atoms with Gasteiger partial charge in [-0.05, 0) is 12.1 Å². The number of carbonyl (C=O) groups is 1. The molecule has 10 heteroatoms. The van der Waals surface area contributed by atoms with Gasteiger partial charge in [0.1, 0.15) is 10.8 Å². The number of anilines is 1. The van der Waals surface area contributed by atoms with E-state index in [0.29, 0.717) is 0 Å². The van der Waals surface area contributed by atoms with Crippen LogP contribution in [-0.4, -0.2) is 28.7 Å². The third kappa shape index (κ3) is 4.54. The minimum absolute atomic E-state index is 0.126. The number of rotatable bonds is 4. The Morgan fingerprint density at radius 1 is 1.36 bits per heavy atom. The Morgan fingerprint density at radius 3 is 2.59 bits per heavy atom. The second-order valence-electron chi connectivity index (χ2n) is 4.09. The SMILES string of the molecule is O=C(Nc1ccc(OCC(F)(F)F)nc1)c1cc(Cl)c(Cl)[nH]1. The van der Waals surface area contributed by atoms with E-state index in [0.717, 1.165) is 6.20 Å². The Kier molecular flexibility index (Phi) is 4.82. The summed E-state index contributed by atoms with van der Waals surface area (Å²) in [7, 11) is 0. The van der Waals surface area contributed by atoms with E-state index in [1.165, 1.54) is 18.2 Å². The molecule has 2 heterocycles. The van der Waals surface area contributed by atoms with Gasteiger partial charge in [-0.1, -0.05) is 23.2 Å². The fourth-order valence-corrected chi connectivity index (χ4v) is 1.73. The standard InChI is InChI=1S/C12H8Cl2F3N3O2/c13-7-3-8(20-10(7)14)11(21)19-6-1-2-9(18-4-6)22-5-12(15,16)17/h1-4,20H,5H2,(H,19,21). The average Bonchev–Trinajstić information content (AvgIpc) is 2.77. The number of pyridine rings is 1. The molecule has 2 aromatic heterocycles. The van der Waals surface area contributed by atoms with Crippen LogP contribution in [0.15, 0.2) is 24.4 Å². The van der Waals surface area contributed by atoms with Gasteiger partial charge in [0.05, 0.1) is 16.9 Å². The molecule has 1 amide bonds. The van der Waals surface area contributed by atoms with Crippen LogP contribution in [0.25, 0.3) is 0 Å². The average molecular weight is 354 g/mol. The number of hydrogen-bond donors (Lipinski definition) is 2. The van der Waals surface area contributed by atoms with Crippen LogP contribution < -0.4 is 10.1 Å². The number of nitrogens with one attached hydrogen (secondary N) is 2. The van der Waals surface area contributed by atoms with Crippen LogP contribution in [0.1, 0.15) is 10.5 Å². The largest absolute Gasteiger partial charge is 0.468 e. The number of ether oxygens (including phenoxy) is 1. The smallest absolute Gasteiger partial charge is 0.422 e. The first kappa shape index (κ1) is 16.4. The molecular weight excluding hydrogens is 346 g/mol. The molecule has 118 valence electrons. The van der Waals surface area contributed by atoms with E-state index >= 15 is 0 Å². The molecule has 2 aromatic rings. The van der Waals surface area contributed by atoms with Crippen molar-refractivity contribution < 1.29 is 22.7 Å². The second kappa shape index (κ2) is 6.45. The predicted molar refractivity (Wildman–Crippen MR) is 74.6 cm³/mol. The zero-order chi connectivity index (χ0) is 16.3. The molecule has 0 aromatic carbocycles. The highest BCUT2D eigenvalue weighted by Gasteiger charge is 2.28. The van der Waals surface area contributed by atoms with Gasteiger partial charge in [0.2, 0.25) is 5.88 Å². The normalized spacial score (nSPS) is 11.3. The fraction of sp³-hybridized carbons (Fsp3) is 0.167. The molecule has 2 rings (SSSR count). The highest BCUT2D eigenvalue weighted by Crippen LogP contribution is 2.23. The van der Waals surface area contributed by atoms with Crippen molar-refractivity contribution in [1.29, 1.82) is 0 Å². The van der Waals surface area contributed by atoms with Gasteiger partial charge in [0.25, 0.3) is 5.91 Å². The van der Waals surface area contributed by atoms with Crippen LogP contribution >= 0.6 is 23.2 Å². The fourth-order valence-electron chi connectivity index (χ4n) is 1.42. The number of nitrogens with zero attached hydrogens (tertiary/aromatic N) is 1. The number of hydrogen-bond acceptors (Lipinski definition) is 3. The van der Waals surface area contributed by atoms with Gasteiger partial charge in [0, 0.05) is 6.07 Å². The summed E-state index contributed by atoms with van der Waals surface area (Å²) >= 11 is 11.4. The van der Waals surface area contributed by atoms with Crippen molar-refractivity contribution in [3.05, 3.63) is 40.3 Å². The maximum absolute atomic E-state index is 12.0. The van der Waals surface area contributed by atoms with Crippen LogP contribution in [-0.2, 0) is 0 Å². The lowest BCUT2D eigenvalue weighted by Crippen LogP contribution is -2.19. The zero-order valence-corrected chi connectivity index (χ0v) is 12.2. The molecule has 0 saturated carbocycles. The third-order valence-electron chi connectivity index (χ3n) is 2.35. The summed E-state index contributed by atoms with van der Waals surface area (Å²) < 4.78 is 40.4. The Balaban J connectivity index is 1.97. The molecule has 0 unspecified atom stereocenters. The molecule has 0 saturated heterocycles. The van der Waals surface area contributed by atoms with E-state index in [-0.39, 0.29) is 27.4 Å². The van der Waals surface area contributed by atoms with Crippen LogP contribution in [0.5, 0.6) is 5.88 Å². The number of alkyl halides is 3. The van der Waals surface area contributed by atoms with Crippen LogP contribution in [0.2, 0.25) is 10.2 Å². The number of H-pyrrole nitrogens is 1. The lowest BCUT2D eigenvalue weighted by Gasteiger charge is -2.09. The van der Waals surface area contributed by atoms with Crippen molar-refractivity contribution >= 4 is 34.8 Å². The molecule has 0 atom stereocenters. The summed E-state index contributed by atoms with van der Waals surface area (Å²) in [5.41, 5.74) is 0.401. The van der Waals surface area contributed by atoms with E-state index < -0.39 is 18.7 Å². The predicted octanol–water partition coefficient (Wildman–Crippen LogP) is 3.91. The van der Waals surface area contributed by atoms with E-state index in [2.05, 4.69) is 20.0 Å². The van der Waals surface area contributed by atoms with Crippen LogP contribution in [0.4, 0.5) is 18.9 Å². The van der Waals surface area contributed by atoms with Crippen molar-refractivity contribution in [2.45, 2.75) is 6.18 Å². The number of amides is 1. The van der Waals surface area contributed by atoms with Gasteiger partial charge < -0.3 is 15.0 Å². The topological polar surface area (TPSA) is 67.0 Å². The maximum atomic E-state index is 12.0. The molecule has 0 fully saturated rings. The Morgan fingerprint density at radius 2 is 2.09 bits per heavy atom. The van der Waals surface area contributed by atoms with Gasteiger partial charge in [-0.2, -0.15) is 13.2 Å². The molecule has 0 radical (unpaired) electrons. The van der Waals surface area contributed by atoms with E-state index in [1.807, 2.05) is 0 Å². The van der Waals surface area contributed by atoms with Gasteiger partial charge in [-0.25, -0.2) is 4.98 Å². The first-order valence-electron chi connectivity index (χ1n) is 5.75. The minimum atomic E-state index is -4.44. The summed E-state index contributed by atoms with van der Waals surface area (Å²) in [5.74, 6) is -0.735. The van der Waals surface area contributed by atoms with Gasteiger partial charge >= 0.3 is 6.18 Å². The van der Waals surface area contributed by atoms with Crippen LogP contribution in [0, 0.1) is 0 Å². The second-order valence-corrected chi connectivity index (χ2v) is 4.87. The van der Waals surface area contributed by atoms with E-state index in [9.17, 15) is 18.0 Å². The summed E-state index contributed by atoms with van der Waals surface area (Å²) in [4.78, 5) is 18.1. The Labute approximate surface area is 132 Å². The molecule has 0 aliphatic rings. The Hall–Kier alpha value is -1.93.